The Labute approximate surface area is 138 Å². The fourth-order valence-electron chi connectivity index (χ4n) is 2.64. The first kappa shape index (κ1) is 15.9. The van der Waals surface area contributed by atoms with Crippen LogP contribution in [0.3, 0.4) is 0 Å². The average molecular weight is 330 g/mol. The Balaban J connectivity index is 1.89. The minimum atomic E-state index is -0.724. The minimum absolute atomic E-state index is 0.0201. The summed E-state index contributed by atoms with van der Waals surface area (Å²) in [6.07, 6.45) is 0.0201. The van der Waals surface area contributed by atoms with Crippen LogP contribution in [0.4, 0.5) is 11.5 Å². The molecule has 8 nitrogen and oxygen atoms in total. The van der Waals surface area contributed by atoms with E-state index in [9.17, 15) is 9.59 Å². The van der Waals surface area contributed by atoms with Gasteiger partial charge in [-0.1, -0.05) is 0 Å². The Kier molecular flexibility index (Phi) is 4.11. The highest BCUT2D eigenvalue weighted by atomic mass is 16.5. The summed E-state index contributed by atoms with van der Waals surface area (Å²) < 4.78 is 12.0. The minimum Gasteiger partial charge on any atom is -0.497 e. The molecule has 0 fully saturated rings. The molecule has 2 heterocycles. The van der Waals surface area contributed by atoms with Crippen LogP contribution in [0.5, 0.6) is 11.5 Å². The van der Waals surface area contributed by atoms with Gasteiger partial charge in [-0.2, -0.15) is 5.10 Å². The molecule has 3 rings (SSSR count). The van der Waals surface area contributed by atoms with Crippen LogP contribution < -0.4 is 20.1 Å². The molecular weight excluding hydrogens is 312 g/mol. The summed E-state index contributed by atoms with van der Waals surface area (Å²) in [4.78, 5) is 24.6. The summed E-state index contributed by atoms with van der Waals surface area (Å²) in [6, 6.07) is 6.10. The molecule has 1 aliphatic heterocycles. The molecule has 24 heavy (non-hydrogen) atoms. The predicted molar refractivity (Wildman–Crippen MR) is 87.4 cm³/mol. The third-order valence-electron chi connectivity index (χ3n) is 3.77. The number of carbonyl (C=O) groups is 2. The van der Waals surface area contributed by atoms with Crippen molar-refractivity contribution in [3.63, 3.8) is 0 Å². The molecule has 8 heteroatoms. The molecule has 0 spiro atoms. The molecule has 2 amide bonds. The van der Waals surface area contributed by atoms with Crippen molar-refractivity contribution in [2.75, 3.05) is 24.9 Å². The van der Waals surface area contributed by atoms with E-state index < -0.39 is 6.04 Å². The largest absolute Gasteiger partial charge is 0.497 e. The van der Waals surface area contributed by atoms with E-state index >= 15 is 0 Å². The second kappa shape index (κ2) is 6.23. The second-order valence-corrected chi connectivity index (χ2v) is 5.44. The number of rotatable bonds is 4. The number of nitrogens with zero attached hydrogens (tertiary/aromatic N) is 2. The molecule has 2 aromatic rings. The topological polar surface area (TPSA) is 94.5 Å². The number of nitrogens with one attached hydrogen (secondary N) is 2. The van der Waals surface area contributed by atoms with Crippen LogP contribution in [0.1, 0.15) is 18.2 Å². The van der Waals surface area contributed by atoms with Crippen molar-refractivity contribution in [3.8, 4) is 11.5 Å². The molecule has 1 aliphatic rings. The van der Waals surface area contributed by atoms with Gasteiger partial charge < -0.3 is 20.1 Å². The van der Waals surface area contributed by atoms with E-state index in [0.717, 1.165) is 5.69 Å². The van der Waals surface area contributed by atoms with Gasteiger partial charge in [-0.25, -0.2) is 4.68 Å². The Morgan fingerprint density at radius 2 is 2.12 bits per heavy atom. The van der Waals surface area contributed by atoms with Gasteiger partial charge in [0.05, 0.1) is 32.0 Å². The van der Waals surface area contributed by atoms with E-state index in [1.54, 1.807) is 31.2 Å². The number of anilines is 2. The number of methoxy groups -OCH3 is 2. The fraction of sp³-hybridized carbons (Fsp3) is 0.312. The zero-order valence-corrected chi connectivity index (χ0v) is 13.6. The van der Waals surface area contributed by atoms with E-state index in [1.165, 1.54) is 18.9 Å². The fourth-order valence-corrected chi connectivity index (χ4v) is 2.64. The van der Waals surface area contributed by atoms with Gasteiger partial charge in [0, 0.05) is 12.1 Å². The molecule has 0 saturated carbocycles. The normalized spacial score (nSPS) is 16.1. The zero-order valence-electron chi connectivity index (χ0n) is 13.6. The lowest BCUT2D eigenvalue weighted by Crippen LogP contribution is -2.35. The summed E-state index contributed by atoms with van der Waals surface area (Å²) in [5.41, 5.74) is 1.20. The van der Waals surface area contributed by atoms with Gasteiger partial charge in [0.1, 0.15) is 23.4 Å². The standard InChI is InChI=1S/C16H18N4O4/c1-9-6-14-18-15(21)8-12(20(14)19-9)16(22)17-11-7-10(23-2)4-5-13(11)24-3/h4-7,12H,8H2,1-3H3,(H,17,22)(H,18,21)/t12-/m1/s1. The van der Waals surface area contributed by atoms with Gasteiger partial charge in [0.15, 0.2) is 0 Å². The lowest BCUT2D eigenvalue weighted by Gasteiger charge is -2.24. The molecule has 0 saturated heterocycles. The molecule has 0 unspecified atom stereocenters. The maximum atomic E-state index is 12.7. The van der Waals surface area contributed by atoms with Crippen molar-refractivity contribution >= 4 is 23.3 Å². The maximum absolute atomic E-state index is 12.7. The molecule has 2 N–H and O–H groups in total. The highest BCUT2D eigenvalue weighted by molar-refractivity contribution is 6.01. The summed E-state index contributed by atoms with van der Waals surface area (Å²) in [5, 5.41) is 9.79. The Bertz CT molecular complexity index is 799. The number of aromatic nitrogens is 2. The van der Waals surface area contributed by atoms with Gasteiger partial charge in [-0.05, 0) is 19.1 Å². The van der Waals surface area contributed by atoms with Crippen LogP contribution in [-0.2, 0) is 9.59 Å². The van der Waals surface area contributed by atoms with Crippen LogP contribution in [0, 0.1) is 6.92 Å². The number of benzene rings is 1. The van der Waals surface area contributed by atoms with Gasteiger partial charge in [0.25, 0.3) is 0 Å². The third-order valence-corrected chi connectivity index (χ3v) is 3.77. The molecule has 1 atom stereocenters. The quantitative estimate of drug-likeness (QED) is 0.890. The van der Waals surface area contributed by atoms with Crippen molar-refractivity contribution < 1.29 is 19.1 Å². The first-order chi connectivity index (χ1) is 11.5. The number of amides is 2. The SMILES string of the molecule is COc1ccc(OC)c(NC(=O)[C@H]2CC(=O)Nc3cc(C)nn32)c1. The van der Waals surface area contributed by atoms with Crippen molar-refractivity contribution in [1.82, 2.24) is 9.78 Å². The van der Waals surface area contributed by atoms with Gasteiger partial charge in [-0.3, -0.25) is 9.59 Å². The van der Waals surface area contributed by atoms with Crippen molar-refractivity contribution in [1.29, 1.82) is 0 Å². The Morgan fingerprint density at radius 3 is 2.83 bits per heavy atom. The van der Waals surface area contributed by atoms with Crippen molar-refractivity contribution in [2.24, 2.45) is 0 Å². The van der Waals surface area contributed by atoms with Crippen LogP contribution in [-0.4, -0.2) is 35.8 Å². The first-order valence-corrected chi connectivity index (χ1v) is 7.40. The summed E-state index contributed by atoms with van der Waals surface area (Å²) in [5.74, 6) is 1.03. The van der Waals surface area contributed by atoms with Crippen LogP contribution in [0.2, 0.25) is 0 Å². The van der Waals surface area contributed by atoms with Crippen molar-refractivity contribution in [2.45, 2.75) is 19.4 Å². The van der Waals surface area contributed by atoms with Gasteiger partial charge >= 0.3 is 0 Å². The van der Waals surface area contributed by atoms with Gasteiger partial charge in [-0.15, -0.1) is 0 Å². The number of fused-ring (bicyclic) bond motifs is 1. The molecule has 0 radical (unpaired) electrons. The number of aryl methyl sites for hydroxylation is 1. The smallest absolute Gasteiger partial charge is 0.249 e. The zero-order chi connectivity index (χ0) is 17.3. The molecule has 1 aromatic heterocycles. The van der Waals surface area contributed by atoms with E-state index in [1.807, 2.05) is 0 Å². The first-order valence-electron chi connectivity index (χ1n) is 7.40. The molecule has 1 aromatic carbocycles. The molecule has 0 aliphatic carbocycles. The predicted octanol–water partition coefficient (Wildman–Crippen LogP) is 1.73. The molecule has 0 bridgehead atoms. The van der Waals surface area contributed by atoms with Crippen LogP contribution in [0.25, 0.3) is 0 Å². The monoisotopic (exact) mass is 330 g/mol. The lowest BCUT2D eigenvalue weighted by molar-refractivity contribution is -0.125. The highest BCUT2D eigenvalue weighted by Crippen LogP contribution is 2.31. The molecule has 126 valence electrons. The van der Waals surface area contributed by atoms with E-state index in [2.05, 4.69) is 15.7 Å². The van der Waals surface area contributed by atoms with Crippen molar-refractivity contribution in [3.05, 3.63) is 30.0 Å². The third kappa shape index (κ3) is 2.90. The number of hydrogen-bond acceptors (Lipinski definition) is 5. The maximum Gasteiger partial charge on any atom is 0.249 e. The van der Waals surface area contributed by atoms with E-state index in [0.29, 0.717) is 23.0 Å². The number of ether oxygens (including phenoxy) is 2. The highest BCUT2D eigenvalue weighted by Gasteiger charge is 2.32. The summed E-state index contributed by atoms with van der Waals surface area (Å²) in [7, 11) is 3.05. The van der Waals surface area contributed by atoms with Crippen LogP contribution in [0.15, 0.2) is 24.3 Å². The number of carbonyl (C=O) groups excluding carboxylic acids is 2. The van der Waals surface area contributed by atoms with E-state index in [4.69, 9.17) is 9.47 Å². The Hall–Kier alpha value is -3.03. The average Bonchev–Trinajstić information content (AvgIpc) is 2.93. The van der Waals surface area contributed by atoms with Gasteiger partial charge in [0.2, 0.25) is 11.8 Å². The lowest BCUT2D eigenvalue weighted by atomic mass is 10.1. The Morgan fingerprint density at radius 1 is 1.33 bits per heavy atom. The second-order valence-electron chi connectivity index (χ2n) is 5.44. The summed E-state index contributed by atoms with van der Waals surface area (Å²) >= 11 is 0. The summed E-state index contributed by atoms with van der Waals surface area (Å²) in [6.45, 7) is 1.80. The van der Waals surface area contributed by atoms with E-state index in [-0.39, 0.29) is 18.2 Å². The molecular formula is C16H18N4O4. The number of hydrogen-bond donors (Lipinski definition) is 2. The van der Waals surface area contributed by atoms with Crippen LogP contribution >= 0.6 is 0 Å².